The molecule has 1 N–H and O–H groups in total. The van der Waals surface area contributed by atoms with Gasteiger partial charge in [-0.15, -0.1) is 0 Å². The number of carbonyl (C=O) groups excluding carboxylic acids is 1. The Morgan fingerprint density at radius 2 is 2.12 bits per heavy atom. The molecule has 2 aliphatic heterocycles. The molecule has 1 saturated heterocycles. The van der Waals surface area contributed by atoms with Crippen LogP contribution in [-0.2, 0) is 11.2 Å². The maximum Gasteiger partial charge on any atom is 0.224 e. The van der Waals surface area contributed by atoms with Gasteiger partial charge >= 0.3 is 0 Å². The van der Waals surface area contributed by atoms with E-state index in [1.54, 1.807) is 12.1 Å². The Labute approximate surface area is 153 Å². The maximum atomic E-state index is 13.5. The molecule has 0 unspecified atom stereocenters. The van der Waals surface area contributed by atoms with E-state index in [1.165, 1.54) is 6.07 Å². The molecule has 136 valence electrons. The number of carbonyl (C=O) groups is 1. The number of amides is 1. The molecule has 2 aromatic carbocycles. The quantitative estimate of drug-likeness (QED) is 0.885. The number of likely N-dealkylation sites (tertiary alicyclic amines) is 1. The monoisotopic (exact) mass is 354 g/mol. The summed E-state index contributed by atoms with van der Waals surface area (Å²) in [7, 11) is 0. The number of hydrogen-bond acceptors (Lipinski definition) is 3. The number of fused-ring (bicyclic) bond motifs is 1. The fraction of sp³-hybridized carbons (Fsp3) is 0.381. The minimum atomic E-state index is -0.174. The molecule has 1 atom stereocenters. The third-order valence-electron chi connectivity index (χ3n) is 5.22. The Kier molecular flexibility index (Phi) is 4.89. The van der Waals surface area contributed by atoms with Crippen molar-refractivity contribution in [3.8, 4) is 5.75 Å². The number of rotatable bonds is 5. The van der Waals surface area contributed by atoms with Gasteiger partial charge in [0, 0.05) is 24.7 Å². The van der Waals surface area contributed by atoms with Gasteiger partial charge < -0.3 is 10.1 Å². The first kappa shape index (κ1) is 17.0. The third kappa shape index (κ3) is 3.73. The van der Waals surface area contributed by atoms with Gasteiger partial charge in [0.25, 0.3) is 0 Å². The molecule has 4 rings (SSSR count). The first-order valence-electron chi connectivity index (χ1n) is 9.24. The Balaban J connectivity index is 1.35. The van der Waals surface area contributed by atoms with E-state index in [-0.39, 0.29) is 17.8 Å². The van der Waals surface area contributed by atoms with Gasteiger partial charge in [0.15, 0.2) is 0 Å². The lowest BCUT2D eigenvalue weighted by atomic mass is 10.0. The van der Waals surface area contributed by atoms with Crippen molar-refractivity contribution in [2.75, 3.05) is 25.0 Å². The Morgan fingerprint density at radius 1 is 1.19 bits per heavy atom. The molecule has 2 aliphatic rings. The third-order valence-corrected chi connectivity index (χ3v) is 5.22. The molecule has 4 nitrogen and oxygen atoms in total. The van der Waals surface area contributed by atoms with Crippen LogP contribution in [0, 0.1) is 5.82 Å². The van der Waals surface area contributed by atoms with Gasteiger partial charge in [-0.3, -0.25) is 9.69 Å². The normalized spacial score (nSPS) is 19.9. The van der Waals surface area contributed by atoms with Crippen molar-refractivity contribution < 1.29 is 13.9 Å². The topological polar surface area (TPSA) is 41.6 Å². The zero-order valence-electron chi connectivity index (χ0n) is 14.7. The predicted molar refractivity (Wildman–Crippen MR) is 98.8 cm³/mol. The molecule has 1 amide bonds. The summed E-state index contributed by atoms with van der Waals surface area (Å²) in [5.74, 6) is 0.733. The summed E-state index contributed by atoms with van der Waals surface area (Å²) in [5, 5.41) is 2.88. The van der Waals surface area contributed by atoms with Gasteiger partial charge in [-0.1, -0.05) is 12.1 Å². The molecule has 0 spiro atoms. The fourth-order valence-electron chi connectivity index (χ4n) is 3.92. The molecule has 0 bridgehead atoms. The SMILES string of the molecule is O=C1CCc2cc(OCCN3CCC[C@@H]3c3cccc(F)c3)ccc2N1. The van der Waals surface area contributed by atoms with Crippen LogP contribution in [-0.4, -0.2) is 30.5 Å². The second-order valence-electron chi connectivity index (χ2n) is 6.96. The van der Waals surface area contributed by atoms with Crippen molar-refractivity contribution in [1.82, 2.24) is 4.90 Å². The average molecular weight is 354 g/mol. The van der Waals surface area contributed by atoms with Crippen LogP contribution in [0.3, 0.4) is 0 Å². The molecular formula is C21H23FN2O2. The highest BCUT2D eigenvalue weighted by molar-refractivity contribution is 5.93. The highest BCUT2D eigenvalue weighted by Crippen LogP contribution is 2.32. The van der Waals surface area contributed by atoms with Crippen molar-refractivity contribution in [3.05, 3.63) is 59.4 Å². The van der Waals surface area contributed by atoms with E-state index in [1.807, 2.05) is 24.3 Å². The summed E-state index contributed by atoms with van der Waals surface area (Å²) in [6.07, 6.45) is 3.47. The van der Waals surface area contributed by atoms with Crippen molar-refractivity contribution in [2.45, 2.75) is 31.7 Å². The van der Waals surface area contributed by atoms with Crippen LogP contribution in [0.4, 0.5) is 10.1 Å². The molecule has 0 saturated carbocycles. The highest BCUT2D eigenvalue weighted by Gasteiger charge is 2.26. The number of hydrogen-bond donors (Lipinski definition) is 1. The van der Waals surface area contributed by atoms with Crippen LogP contribution in [0.25, 0.3) is 0 Å². The Hall–Kier alpha value is -2.40. The van der Waals surface area contributed by atoms with Crippen LogP contribution < -0.4 is 10.1 Å². The lowest BCUT2D eigenvalue weighted by Gasteiger charge is -2.25. The lowest BCUT2D eigenvalue weighted by molar-refractivity contribution is -0.116. The largest absolute Gasteiger partial charge is 0.492 e. The molecule has 2 aromatic rings. The average Bonchev–Trinajstić information content (AvgIpc) is 3.10. The molecule has 2 heterocycles. The van der Waals surface area contributed by atoms with Gasteiger partial charge in [0.05, 0.1) is 0 Å². The maximum absolute atomic E-state index is 13.5. The van der Waals surface area contributed by atoms with Gasteiger partial charge in [-0.2, -0.15) is 0 Å². The summed E-state index contributed by atoms with van der Waals surface area (Å²) in [4.78, 5) is 13.8. The second kappa shape index (κ2) is 7.46. The molecule has 1 fully saturated rings. The van der Waals surface area contributed by atoms with Crippen molar-refractivity contribution in [3.63, 3.8) is 0 Å². The number of anilines is 1. The van der Waals surface area contributed by atoms with E-state index in [4.69, 9.17) is 4.74 Å². The zero-order valence-corrected chi connectivity index (χ0v) is 14.7. The van der Waals surface area contributed by atoms with Gasteiger partial charge in [0.1, 0.15) is 18.2 Å². The molecule has 0 aliphatic carbocycles. The predicted octanol–water partition coefficient (Wildman–Crippen LogP) is 3.93. The summed E-state index contributed by atoms with van der Waals surface area (Å²) in [6.45, 7) is 2.42. The zero-order chi connectivity index (χ0) is 17.9. The number of nitrogens with zero attached hydrogens (tertiary/aromatic N) is 1. The Bertz CT molecular complexity index is 808. The number of benzene rings is 2. The van der Waals surface area contributed by atoms with Crippen LogP contribution in [0.1, 0.15) is 36.4 Å². The summed E-state index contributed by atoms with van der Waals surface area (Å²) >= 11 is 0. The lowest BCUT2D eigenvalue weighted by Crippen LogP contribution is -2.28. The first-order valence-corrected chi connectivity index (χ1v) is 9.24. The van der Waals surface area contributed by atoms with Crippen LogP contribution in [0.15, 0.2) is 42.5 Å². The summed E-state index contributed by atoms with van der Waals surface area (Å²) < 4.78 is 19.5. The van der Waals surface area contributed by atoms with Crippen LogP contribution in [0.5, 0.6) is 5.75 Å². The smallest absolute Gasteiger partial charge is 0.224 e. The van der Waals surface area contributed by atoms with Gasteiger partial charge in [-0.25, -0.2) is 4.39 Å². The van der Waals surface area contributed by atoms with Crippen molar-refractivity contribution in [1.29, 1.82) is 0 Å². The molecule has 5 heteroatoms. The van der Waals surface area contributed by atoms with E-state index in [0.29, 0.717) is 13.0 Å². The Morgan fingerprint density at radius 3 is 3.00 bits per heavy atom. The summed E-state index contributed by atoms with van der Waals surface area (Å²) in [5.41, 5.74) is 3.06. The van der Waals surface area contributed by atoms with Crippen molar-refractivity contribution in [2.24, 2.45) is 0 Å². The highest BCUT2D eigenvalue weighted by atomic mass is 19.1. The second-order valence-corrected chi connectivity index (χ2v) is 6.96. The van der Waals surface area contributed by atoms with Crippen LogP contribution >= 0.6 is 0 Å². The van der Waals surface area contributed by atoms with Crippen molar-refractivity contribution >= 4 is 11.6 Å². The standard InChI is InChI=1S/C21H23FN2O2/c22-17-4-1-3-16(13-17)20-5-2-10-24(20)11-12-26-18-7-8-19-15(14-18)6-9-21(25)23-19/h1,3-4,7-8,13-14,20H,2,5-6,9-12H2,(H,23,25)/t20-/m1/s1. The molecule has 26 heavy (non-hydrogen) atoms. The van der Waals surface area contributed by atoms with Gasteiger partial charge in [0.2, 0.25) is 5.91 Å². The van der Waals surface area contributed by atoms with E-state index >= 15 is 0 Å². The van der Waals surface area contributed by atoms with Crippen LogP contribution in [0.2, 0.25) is 0 Å². The minimum Gasteiger partial charge on any atom is -0.492 e. The molecular weight excluding hydrogens is 331 g/mol. The van der Waals surface area contributed by atoms with E-state index in [2.05, 4.69) is 10.2 Å². The van der Waals surface area contributed by atoms with E-state index < -0.39 is 0 Å². The number of halogens is 1. The minimum absolute atomic E-state index is 0.0728. The number of ether oxygens (including phenoxy) is 1. The number of aryl methyl sites for hydroxylation is 1. The summed E-state index contributed by atoms with van der Waals surface area (Å²) in [6, 6.07) is 13.0. The van der Waals surface area contributed by atoms with E-state index in [0.717, 1.165) is 54.9 Å². The molecule has 0 radical (unpaired) electrons. The van der Waals surface area contributed by atoms with Gasteiger partial charge in [-0.05, 0) is 67.3 Å². The van der Waals surface area contributed by atoms with E-state index in [9.17, 15) is 9.18 Å². The number of nitrogens with one attached hydrogen (secondary N) is 1. The fourth-order valence-corrected chi connectivity index (χ4v) is 3.92. The first-order chi connectivity index (χ1) is 12.7. The molecule has 0 aromatic heterocycles.